The van der Waals surface area contributed by atoms with Gasteiger partial charge in [-0.15, -0.1) is 0 Å². The van der Waals surface area contributed by atoms with Crippen LogP contribution in [0.3, 0.4) is 0 Å². The summed E-state index contributed by atoms with van der Waals surface area (Å²) in [5.74, 6) is -6.60. The van der Waals surface area contributed by atoms with Crippen molar-refractivity contribution in [2.75, 3.05) is 26.9 Å². The maximum atomic E-state index is 12.7. The maximum Gasteiger partial charge on any atom is 0.364 e. The van der Waals surface area contributed by atoms with Gasteiger partial charge in [-0.3, -0.25) is 19.2 Å². The number of rotatable bonds is 22. The van der Waals surface area contributed by atoms with Crippen molar-refractivity contribution in [2.24, 2.45) is 0 Å². The Bertz CT molecular complexity index is 1400. The lowest BCUT2D eigenvalue weighted by atomic mass is 9.88. The van der Waals surface area contributed by atoms with Crippen molar-refractivity contribution in [3.63, 3.8) is 0 Å². The second-order valence-corrected chi connectivity index (χ2v) is 14.6. The van der Waals surface area contributed by atoms with E-state index in [9.17, 15) is 75.0 Å². The van der Waals surface area contributed by atoms with Gasteiger partial charge in [-0.2, -0.15) is 0 Å². The van der Waals surface area contributed by atoms with Crippen LogP contribution in [-0.2, 0) is 52.4 Å². The number of Topliss-reactive ketones (excluding diaryl/α,β-unsaturated/α-hetero) is 1. The first kappa shape index (κ1) is 50.3. The predicted octanol–water partition coefficient (Wildman–Crippen LogP) is -6.05. The molecule has 0 saturated carbocycles. The van der Waals surface area contributed by atoms with E-state index in [1.807, 2.05) is 0 Å². The fourth-order valence-electron chi connectivity index (χ4n) is 6.87. The molecule has 0 radical (unpaired) electrons. The Morgan fingerprint density at radius 1 is 0.780 bits per heavy atom. The van der Waals surface area contributed by atoms with Crippen LogP contribution in [0.4, 0.5) is 0 Å². The van der Waals surface area contributed by atoms with Gasteiger partial charge < -0.3 is 95.4 Å². The van der Waals surface area contributed by atoms with E-state index in [0.717, 1.165) is 13.8 Å². The zero-order valence-electron chi connectivity index (χ0n) is 32.9. The molecule has 7 unspecified atom stereocenters. The fraction of sp³-hybridized carbons (Fsp3) is 0.857. The minimum Gasteiger partial charge on any atom is -0.477 e. The SMILES string of the molecule is CNC(=O)CCCCC(=O)CCCCO[C@@H]1OC(CO)[C@H](O[C@@H]2OC(O[C@]3(C(=O)O)C[C@H](O)[C@@H](NC(C)=O)C(C(O)C(O)CO)O3)[C@H](O)[C@H](O)C2O)[C@H](O)C1NC(C)=O. The highest BCUT2D eigenvalue weighted by Crippen LogP contribution is 2.38. The molecule has 3 aliphatic rings. The van der Waals surface area contributed by atoms with E-state index in [1.165, 1.54) is 7.05 Å². The molecule has 0 spiro atoms. The van der Waals surface area contributed by atoms with Crippen LogP contribution in [0, 0.1) is 0 Å². The standard InChI is InChI=1S/C35H59N3O21/c1-15(41)37-22-18(44)12-35(34(52)53,58-30(22)24(47)19(45)13-39)59-33-28(51)26(49)27(50)32(57-33)56-29-20(14-40)55-31(23(25(29)48)38-16(2)42)54-11-7-6-9-17(43)8-4-5-10-21(46)36-3/h18-20,22-33,39-40,44-45,47-51H,4-14H2,1-3H3,(H,36,46)(H,37,41)(H,38,42)(H,52,53)/t18-,19?,20?,22+,23?,24?,25+,26+,27?,28+,29-,30?,31+,32+,33?,35-/m0/s1. The van der Waals surface area contributed by atoms with E-state index in [4.69, 9.17) is 28.4 Å². The molecule has 16 atom stereocenters. The topological polar surface area (TPSA) is 379 Å². The number of aliphatic hydroxyl groups excluding tert-OH is 9. The molecule has 0 aromatic carbocycles. The monoisotopic (exact) mass is 857 g/mol. The van der Waals surface area contributed by atoms with Crippen molar-refractivity contribution >= 4 is 29.5 Å². The van der Waals surface area contributed by atoms with Gasteiger partial charge in [0.25, 0.3) is 5.79 Å². The zero-order chi connectivity index (χ0) is 44.2. The summed E-state index contributed by atoms with van der Waals surface area (Å²) < 4.78 is 33.9. The molecule has 3 saturated heterocycles. The average Bonchev–Trinajstić information content (AvgIpc) is 3.18. The molecule has 24 heteroatoms. The van der Waals surface area contributed by atoms with Gasteiger partial charge in [0.05, 0.1) is 25.4 Å². The number of carboxylic acid groups (broad SMARTS) is 1. The van der Waals surface area contributed by atoms with Crippen molar-refractivity contribution in [2.45, 2.75) is 163 Å². The smallest absolute Gasteiger partial charge is 0.364 e. The molecular formula is C35H59N3O21. The Morgan fingerprint density at radius 2 is 1.37 bits per heavy atom. The van der Waals surface area contributed by atoms with Crippen LogP contribution >= 0.6 is 0 Å². The summed E-state index contributed by atoms with van der Waals surface area (Å²) in [6.45, 7) is 0.221. The molecule has 0 aliphatic carbocycles. The van der Waals surface area contributed by atoms with Crippen LogP contribution < -0.4 is 16.0 Å². The van der Waals surface area contributed by atoms with E-state index in [1.54, 1.807) is 0 Å². The van der Waals surface area contributed by atoms with Gasteiger partial charge in [-0.05, 0) is 25.7 Å². The lowest BCUT2D eigenvalue weighted by molar-refractivity contribution is -0.418. The molecule has 13 N–H and O–H groups in total. The van der Waals surface area contributed by atoms with Gasteiger partial charge in [0.1, 0.15) is 66.8 Å². The van der Waals surface area contributed by atoms with Crippen molar-refractivity contribution in [1.29, 1.82) is 0 Å². The Balaban J connectivity index is 1.74. The molecule has 3 rings (SSSR count). The Labute approximate surface area is 338 Å². The van der Waals surface area contributed by atoms with Gasteiger partial charge in [0.15, 0.2) is 18.9 Å². The van der Waals surface area contributed by atoms with Crippen molar-refractivity contribution < 1.29 is 103 Å². The minimum atomic E-state index is -3.07. The van der Waals surface area contributed by atoms with Gasteiger partial charge in [0.2, 0.25) is 17.7 Å². The zero-order valence-corrected chi connectivity index (χ0v) is 32.9. The van der Waals surface area contributed by atoms with E-state index in [0.29, 0.717) is 38.5 Å². The third kappa shape index (κ3) is 13.5. The molecule has 0 aromatic rings. The van der Waals surface area contributed by atoms with Crippen LogP contribution in [0.5, 0.6) is 0 Å². The largest absolute Gasteiger partial charge is 0.477 e. The normalized spacial score (nSPS) is 35.9. The number of hydrogen-bond donors (Lipinski definition) is 13. The van der Waals surface area contributed by atoms with Crippen molar-refractivity contribution in [3.05, 3.63) is 0 Å². The maximum absolute atomic E-state index is 12.7. The number of carbonyl (C=O) groups is 5. The van der Waals surface area contributed by atoms with Crippen LogP contribution in [0.1, 0.15) is 65.2 Å². The molecule has 0 bridgehead atoms. The van der Waals surface area contributed by atoms with Crippen LogP contribution in [0.15, 0.2) is 0 Å². The summed E-state index contributed by atoms with van der Waals surface area (Å²) >= 11 is 0. The molecule has 0 aromatic heterocycles. The fourth-order valence-corrected chi connectivity index (χ4v) is 6.87. The summed E-state index contributed by atoms with van der Waals surface area (Å²) in [4.78, 5) is 60.3. The number of ether oxygens (including phenoxy) is 6. The lowest BCUT2D eigenvalue weighted by Crippen LogP contribution is -2.70. The van der Waals surface area contributed by atoms with E-state index in [-0.39, 0.29) is 24.7 Å². The number of amides is 3. The number of ketones is 1. The molecular weight excluding hydrogens is 798 g/mol. The molecule has 340 valence electrons. The predicted molar refractivity (Wildman–Crippen MR) is 192 cm³/mol. The number of unbranched alkanes of at least 4 members (excludes halogenated alkanes) is 2. The summed E-state index contributed by atoms with van der Waals surface area (Å²) in [5, 5.41) is 113. The summed E-state index contributed by atoms with van der Waals surface area (Å²) in [5.41, 5.74) is 0. The average molecular weight is 858 g/mol. The number of carboxylic acids is 1. The molecule has 59 heavy (non-hydrogen) atoms. The first-order chi connectivity index (χ1) is 27.8. The van der Waals surface area contributed by atoms with Gasteiger partial charge in [-0.1, -0.05) is 0 Å². The highest BCUT2D eigenvalue weighted by atomic mass is 16.8. The van der Waals surface area contributed by atoms with Crippen LogP contribution in [0.25, 0.3) is 0 Å². The van der Waals surface area contributed by atoms with Crippen molar-refractivity contribution in [1.82, 2.24) is 16.0 Å². The van der Waals surface area contributed by atoms with Crippen LogP contribution in [-0.4, -0.2) is 205 Å². The summed E-state index contributed by atoms with van der Waals surface area (Å²) in [7, 11) is 1.53. The Kier molecular flexibility index (Phi) is 19.8. The lowest BCUT2D eigenvalue weighted by Gasteiger charge is -2.50. The molecule has 3 fully saturated rings. The second kappa shape index (κ2) is 23.2. The minimum absolute atomic E-state index is 0.00132. The molecule has 3 amide bonds. The van der Waals surface area contributed by atoms with Gasteiger partial charge in [-0.25, -0.2) is 4.79 Å². The van der Waals surface area contributed by atoms with Crippen molar-refractivity contribution in [3.8, 4) is 0 Å². The molecule has 3 heterocycles. The third-order valence-corrected chi connectivity index (χ3v) is 10.1. The Hall–Kier alpha value is -3.05. The van der Waals surface area contributed by atoms with Gasteiger partial charge >= 0.3 is 5.97 Å². The van der Waals surface area contributed by atoms with E-state index < -0.39 is 135 Å². The van der Waals surface area contributed by atoms with Crippen LogP contribution in [0.2, 0.25) is 0 Å². The number of hydrogen-bond acceptors (Lipinski definition) is 20. The highest BCUT2D eigenvalue weighted by molar-refractivity contribution is 5.79. The number of nitrogens with one attached hydrogen (secondary N) is 3. The summed E-state index contributed by atoms with van der Waals surface area (Å²) in [6, 6.07) is -2.95. The Morgan fingerprint density at radius 3 is 1.95 bits per heavy atom. The third-order valence-electron chi connectivity index (χ3n) is 10.1. The molecule has 24 nitrogen and oxygen atoms in total. The first-order valence-electron chi connectivity index (χ1n) is 19.2. The number of aliphatic carboxylic acids is 1. The highest BCUT2D eigenvalue weighted by Gasteiger charge is 2.59. The van der Waals surface area contributed by atoms with E-state index in [2.05, 4.69) is 16.0 Å². The quantitative estimate of drug-likeness (QED) is 0.0451. The number of carbonyl (C=O) groups excluding carboxylic acids is 4. The number of aliphatic hydroxyl groups is 9. The van der Waals surface area contributed by atoms with E-state index >= 15 is 0 Å². The second-order valence-electron chi connectivity index (χ2n) is 14.6. The van der Waals surface area contributed by atoms with Gasteiger partial charge in [0, 0.05) is 53.2 Å². The first-order valence-corrected chi connectivity index (χ1v) is 19.2. The molecule has 3 aliphatic heterocycles. The summed E-state index contributed by atoms with van der Waals surface area (Å²) in [6.07, 6.45) is -23.7.